The van der Waals surface area contributed by atoms with Crippen molar-refractivity contribution in [1.82, 2.24) is 0 Å². The number of esters is 1. The van der Waals surface area contributed by atoms with Crippen molar-refractivity contribution in [3.63, 3.8) is 0 Å². The first-order valence-corrected chi connectivity index (χ1v) is 5.43. The maximum Gasteiger partial charge on any atom is 0.338 e. The van der Waals surface area contributed by atoms with E-state index in [0.29, 0.717) is 6.07 Å². The van der Waals surface area contributed by atoms with Crippen LogP contribution in [0.25, 0.3) is 0 Å². The maximum atomic E-state index is 13.3. The van der Waals surface area contributed by atoms with Gasteiger partial charge < -0.3 is 4.74 Å². The molecule has 2 aromatic rings. The molecule has 19 heavy (non-hydrogen) atoms. The highest BCUT2D eigenvalue weighted by atomic mass is 19.1. The van der Waals surface area contributed by atoms with Gasteiger partial charge in [-0.05, 0) is 36.4 Å². The molecular weight excluding hydrogens is 257 g/mol. The third-order valence-corrected chi connectivity index (χ3v) is 2.45. The number of hydrogen-bond acceptors (Lipinski definition) is 2. The van der Waals surface area contributed by atoms with Crippen molar-refractivity contribution < 1.29 is 22.7 Å². The lowest BCUT2D eigenvalue weighted by molar-refractivity contribution is 0.0469. The molecule has 0 aliphatic rings. The smallest absolute Gasteiger partial charge is 0.338 e. The quantitative estimate of drug-likeness (QED) is 0.795. The summed E-state index contributed by atoms with van der Waals surface area (Å²) >= 11 is 0. The Morgan fingerprint density at radius 1 is 0.947 bits per heavy atom. The van der Waals surface area contributed by atoms with Gasteiger partial charge in [0, 0.05) is 11.6 Å². The van der Waals surface area contributed by atoms with Crippen LogP contribution >= 0.6 is 0 Å². The Hall–Kier alpha value is -2.30. The molecule has 0 aliphatic carbocycles. The number of rotatable bonds is 3. The van der Waals surface area contributed by atoms with E-state index in [-0.39, 0.29) is 17.7 Å². The third kappa shape index (κ3) is 3.34. The second-order valence-electron chi connectivity index (χ2n) is 3.82. The third-order valence-electron chi connectivity index (χ3n) is 2.45. The summed E-state index contributed by atoms with van der Waals surface area (Å²) in [5, 5.41) is 0. The zero-order valence-electron chi connectivity index (χ0n) is 9.70. The SMILES string of the molecule is O=C(OCc1ccc(F)cc1F)c1ccc(F)cc1. The zero-order valence-corrected chi connectivity index (χ0v) is 9.70. The number of ether oxygens (including phenoxy) is 1. The van der Waals surface area contributed by atoms with Gasteiger partial charge in [0.1, 0.15) is 24.1 Å². The van der Waals surface area contributed by atoms with Crippen LogP contribution in [0.3, 0.4) is 0 Å². The fraction of sp³-hybridized carbons (Fsp3) is 0.0714. The normalized spacial score (nSPS) is 10.3. The van der Waals surface area contributed by atoms with Crippen molar-refractivity contribution >= 4 is 5.97 Å². The van der Waals surface area contributed by atoms with E-state index in [1.165, 1.54) is 18.2 Å². The summed E-state index contributed by atoms with van der Waals surface area (Å²) in [6, 6.07) is 7.75. The van der Waals surface area contributed by atoms with Crippen molar-refractivity contribution in [2.45, 2.75) is 6.61 Å². The Labute approximate surface area is 107 Å². The highest BCUT2D eigenvalue weighted by molar-refractivity contribution is 5.89. The van der Waals surface area contributed by atoms with Crippen LogP contribution in [-0.4, -0.2) is 5.97 Å². The van der Waals surface area contributed by atoms with Gasteiger partial charge in [-0.3, -0.25) is 0 Å². The summed E-state index contributed by atoms with van der Waals surface area (Å²) in [6.07, 6.45) is 0. The molecule has 0 saturated heterocycles. The summed E-state index contributed by atoms with van der Waals surface area (Å²) in [5.41, 5.74) is 0.223. The lowest BCUT2D eigenvalue weighted by Gasteiger charge is -2.06. The molecule has 5 heteroatoms. The van der Waals surface area contributed by atoms with Crippen LogP contribution < -0.4 is 0 Å². The largest absolute Gasteiger partial charge is 0.457 e. The second-order valence-corrected chi connectivity index (χ2v) is 3.82. The van der Waals surface area contributed by atoms with Crippen molar-refractivity contribution in [3.8, 4) is 0 Å². The van der Waals surface area contributed by atoms with Crippen LogP contribution in [0.4, 0.5) is 13.2 Å². The van der Waals surface area contributed by atoms with E-state index in [4.69, 9.17) is 4.74 Å². The molecule has 2 aromatic carbocycles. The monoisotopic (exact) mass is 266 g/mol. The predicted octanol–water partition coefficient (Wildman–Crippen LogP) is 3.46. The lowest BCUT2D eigenvalue weighted by atomic mass is 10.2. The minimum absolute atomic E-state index is 0.0665. The van der Waals surface area contributed by atoms with Crippen LogP contribution in [-0.2, 0) is 11.3 Å². The molecule has 0 aromatic heterocycles. The van der Waals surface area contributed by atoms with E-state index in [9.17, 15) is 18.0 Å². The zero-order chi connectivity index (χ0) is 13.8. The average Bonchev–Trinajstić information content (AvgIpc) is 2.38. The topological polar surface area (TPSA) is 26.3 Å². The minimum Gasteiger partial charge on any atom is -0.457 e. The molecule has 0 radical (unpaired) electrons. The van der Waals surface area contributed by atoms with Gasteiger partial charge in [-0.1, -0.05) is 0 Å². The van der Waals surface area contributed by atoms with Crippen molar-refractivity contribution in [2.24, 2.45) is 0 Å². The molecule has 0 bridgehead atoms. The van der Waals surface area contributed by atoms with Gasteiger partial charge in [0.15, 0.2) is 0 Å². The Balaban J connectivity index is 2.02. The maximum absolute atomic E-state index is 13.3. The fourth-order valence-corrected chi connectivity index (χ4v) is 1.45. The first-order chi connectivity index (χ1) is 9.06. The summed E-state index contributed by atoms with van der Waals surface area (Å²) in [4.78, 5) is 11.6. The lowest BCUT2D eigenvalue weighted by Crippen LogP contribution is -2.06. The Kier molecular flexibility index (Phi) is 3.85. The molecule has 0 heterocycles. The fourth-order valence-electron chi connectivity index (χ4n) is 1.45. The summed E-state index contributed by atoms with van der Waals surface area (Å²) in [6.45, 7) is -0.317. The molecule has 0 N–H and O–H groups in total. The molecule has 0 aliphatic heterocycles. The number of benzene rings is 2. The van der Waals surface area contributed by atoms with Gasteiger partial charge >= 0.3 is 5.97 Å². The molecule has 0 amide bonds. The minimum atomic E-state index is -0.785. The van der Waals surface area contributed by atoms with Crippen LogP contribution in [0.15, 0.2) is 42.5 Å². The van der Waals surface area contributed by atoms with E-state index in [1.807, 2.05) is 0 Å². The Bertz CT molecular complexity index is 594. The second kappa shape index (κ2) is 5.56. The first-order valence-electron chi connectivity index (χ1n) is 5.43. The van der Waals surface area contributed by atoms with Crippen LogP contribution in [0.2, 0.25) is 0 Å². The molecular formula is C14H9F3O2. The molecule has 0 saturated carbocycles. The van der Waals surface area contributed by atoms with Gasteiger partial charge in [0.25, 0.3) is 0 Å². The molecule has 0 atom stereocenters. The van der Waals surface area contributed by atoms with E-state index in [1.54, 1.807) is 0 Å². The van der Waals surface area contributed by atoms with Gasteiger partial charge in [0.05, 0.1) is 5.56 Å². The standard InChI is InChI=1S/C14H9F3O2/c15-11-4-1-9(2-5-11)14(18)19-8-10-3-6-12(16)7-13(10)17/h1-7H,8H2. The average molecular weight is 266 g/mol. The van der Waals surface area contributed by atoms with Gasteiger partial charge in [-0.15, -0.1) is 0 Å². The van der Waals surface area contributed by atoms with Gasteiger partial charge in [0.2, 0.25) is 0 Å². The highest BCUT2D eigenvalue weighted by Crippen LogP contribution is 2.12. The van der Waals surface area contributed by atoms with E-state index >= 15 is 0 Å². The number of carbonyl (C=O) groups is 1. The van der Waals surface area contributed by atoms with E-state index in [2.05, 4.69) is 0 Å². The van der Waals surface area contributed by atoms with E-state index in [0.717, 1.165) is 18.2 Å². The molecule has 0 spiro atoms. The molecule has 0 unspecified atom stereocenters. The summed E-state index contributed by atoms with van der Waals surface area (Å²) in [5.74, 6) is -2.66. The van der Waals surface area contributed by atoms with Crippen LogP contribution in [0.5, 0.6) is 0 Å². The van der Waals surface area contributed by atoms with E-state index < -0.39 is 23.4 Å². The molecule has 2 nitrogen and oxygen atoms in total. The summed E-state index contributed by atoms with van der Waals surface area (Å²) < 4.78 is 43.4. The van der Waals surface area contributed by atoms with Crippen molar-refractivity contribution in [3.05, 3.63) is 71.0 Å². The van der Waals surface area contributed by atoms with Crippen molar-refractivity contribution in [1.29, 1.82) is 0 Å². The van der Waals surface area contributed by atoms with Crippen LogP contribution in [0.1, 0.15) is 15.9 Å². The summed E-state index contributed by atoms with van der Waals surface area (Å²) in [7, 11) is 0. The van der Waals surface area contributed by atoms with Crippen LogP contribution in [0, 0.1) is 17.5 Å². The number of carbonyl (C=O) groups excluding carboxylic acids is 1. The number of hydrogen-bond donors (Lipinski definition) is 0. The van der Waals surface area contributed by atoms with Gasteiger partial charge in [-0.25, -0.2) is 18.0 Å². The predicted molar refractivity (Wildman–Crippen MR) is 61.9 cm³/mol. The molecule has 98 valence electrons. The first kappa shape index (κ1) is 13.1. The molecule has 2 rings (SSSR count). The van der Waals surface area contributed by atoms with Crippen molar-refractivity contribution in [2.75, 3.05) is 0 Å². The highest BCUT2D eigenvalue weighted by Gasteiger charge is 2.10. The number of halogens is 3. The Morgan fingerprint density at radius 3 is 2.21 bits per heavy atom. The Morgan fingerprint density at radius 2 is 1.58 bits per heavy atom. The van der Waals surface area contributed by atoms with Gasteiger partial charge in [-0.2, -0.15) is 0 Å². The molecule has 0 fully saturated rings.